The second-order valence-corrected chi connectivity index (χ2v) is 4.98. The van der Waals surface area contributed by atoms with E-state index in [4.69, 9.17) is 0 Å². The van der Waals surface area contributed by atoms with Gasteiger partial charge in [-0.3, -0.25) is 0 Å². The van der Waals surface area contributed by atoms with E-state index < -0.39 is 0 Å². The Hall–Kier alpha value is -0.720. The Kier molecular flexibility index (Phi) is 1.29. The van der Waals surface area contributed by atoms with E-state index in [2.05, 4.69) is 56.8 Å². The van der Waals surface area contributed by atoms with E-state index in [0.29, 0.717) is 16.9 Å². The first-order valence-corrected chi connectivity index (χ1v) is 4.60. The third-order valence-electron chi connectivity index (χ3n) is 3.87. The summed E-state index contributed by atoms with van der Waals surface area (Å²) in [7, 11) is 0. The molecule has 1 aliphatic rings. The average molecular weight is 163 g/mol. The molecule has 1 heterocycles. The first-order valence-electron chi connectivity index (χ1n) is 4.60. The van der Waals surface area contributed by atoms with Gasteiger partial charge in [0.05, 0.1) is 0 Å². The van der Waals surface area contributed by atoms with Crippen molar-refractivity contribution in [2.45, 2.75) is 33.7 Å². The Morgan fingerprint density at radius 2 is 1.33 bits per heavy atom. The van der Waals surface area contributed by atoms with E-state index in [1.54, 1.807) is 0 Å². The van der Waals surface area contributed by atoms with Gasteiger partial charge >= 0.3 is 0 Å². The zero-order valence-corrected chi connectivity index (χ0v) is 8.33. The van der Waals surface area contributed by atoms with Crippen LogP contribution >= 0.6 is 0 Å². The van der Waals surface area contributed by atoms with Crippen LogP contribution < -0.4 is 0 Å². The molecule has 0 amide bonds. The summed E-state index contributed by atoms with van der Waals surface area (Å²) in [6, 6.07) is 4.88. The molecule has 0 unspecified atom stereocenters. The minimum Gasteiger partial charge on any atom is -0.350 e. The van der Waals surface area contributed by atoms with E-state index in [-0.39, 0.29) is 0 Å². The van der Waals surface area contributed by atoms with Gasteiger partial charge in [-0.2, -0.15) is 0 Å². The number of rotatable bonds is 1. The van der Waals surface area contributed by atoms with Crippen molar-refractivity contribution in [1.29, 1.82) is 0 Å². The van der Waals surface area contributed by atoms with Gasteiger partial charge in [-0.25, -0.2) is 0 Å². The molecular weight excluding hydrogens is 146 g/mol. The van der Waals surface area contributed by atoms with Crippen molar-refractivity contribution in [1.82, 2.24) is 4.57 Å². The highest BCUT2D eigenvalue weighted by atomic mass is 15.1. The molecule has 0 aliphatic heterocycles. The third-order valence-corrected chi connectivity index (χ3v) is 3.87. The molecule has 0 saturated heterocycles. The van der Waals surface area contributed by atoms with Crippen LogP contribution in [0.15, 0.2) is 24.5 Å². The molecule has 1 aliphatic carbocycles. The van der Waals surface area contributed by atoms with Crippen molar-refractivity contribution >= 4 is 0 Å². The minimum absolute atomic E-state index is 0.450. The van der Waals surface area contributed by atoms with Gasteiger partial charge in [0.15, 0.2) is 0 Å². The lowest BCUT2D eigenvalue weighted by molar-refractivity contribution is 0.457. The fraction of sp³-hybridized carbons (Fsp3) is 0.636. The first-order chi connectivity index (χ1) is 5.48. The van der Waals surface area contributed by atoms with E-state index in [1.807, 2.05) is 0 Å². The number of aromatic nitrogens is 1. The normalized spacial score (nSPS) is 25.7. The van der Waals surface area contributed by atoms with Crippen molar-refractivity contribution in [2.24, 2.45) is 10.8 Å². The van der Waals surface area contributed by atoms with E-state index in [1.165, 1.54) is 0 Å². The van der Waals surface area contributed by atoms with Crippen LogP contribution in [0.4, 0.5) is 0 Å². The summed E-state index contributed by atoms with van der Waals surface area (Å²) in [6.45, 7) is 9.38. The van der Waals surface area contributed by atoms with Crippen LogP contribution in [0.5, 0.6) is 0 Å². The van der Waals surface area contributed by atoms with Gasteiger partial charge in [-0.15, -0.1) is 0 Å². The Balaban J connectivity index is 2.32. The summed E-state index contributed by atoms with van der Waals surface area (Å²) in [4.78, 5) is 0. The predicted octanol–water partition coefficient (Wildman–Crippen LogP) is 3.10. The van der Waals surface area contributed by atoms with Crippen LogP contribution in [0.25, 0.3) is 0 Å². The van der Waals surface area contributed by atoms with Gasteiger partial charge in [0, 0.05) is 18.4 Å². The Morgan fingerprint density at radius 1 is 0.917 bits per heavy atom. The summed E-state index contributed by atoms with van der Waals surface area (Å²) in [5.41, 5.74) is 0.901. The van der Waals surface area contributed by atoms with E-state index in [0.717, 1.165) is 0 Å². The maximum absolute atomic E-state index is 2.34. The highest BCUT2D eigenvalue weighted by molar-refractivity contribution is 5.17. The van der Waals surface area contributed by atoms with Crippen LogP contribution in [0, 0.1) is 10.8 Å². The molecule has 1 saturated carbocycles. The molecule has 2 rings (SSSR count). The quantitative estimate of drug-likeness (QED) is 0.599. The van der Waals surface area contributed by atoms with Crippen molar-refractivity contribution < 1.29 is 0 Å². The monoisotopic (exact) mass is 163 g/mol. The lowest BCUT2D eigenvalue weighted by Crippen LogP contribution is -1.96. The fourth-order valence-corrected chi connectivity index (χ4v) is 2.43. The Labute approximate surface area is 74.4 Å². The summed E-state index contributed by atoms with van der Waals surface area (Å²) in [5.74, 6) is 0. The zero-order chi connectivity index (χ0) is 8.98. The molecule has 1 aromatic heterocycles. The second kappa shape index (κ2) is 1.95. The molecule has 0 radical (unpaired) electrons. The predicted molar refractivity (Wildman–Crippen MR) is 51.0 cm³/mol. The Bertz CT molecular complexity index is 266. The molecule has 1 nitrogen and oxygen atoms in total. The van der Waals surface area contributed by atoms with Crippen LogP contribution in [0.3, 0.4) is 0 Å². The van der Waals surface area contributed by atoms with Crippen LogP contribution in [-0.4, -0.2) is 4.57 Å². The Morgan fingerprint density at radius 3 is 1.67 bits per heavy atom. The fourth-order valence-electron chi connectivity index (χ4n) is 2.43. The van der Waals surface area contributed by atoms with E-state index in [9.17, 15) is 0 Å². The van der Waals surface area contributed by atoms with Gasteiger partial charge in [-0.1, -0.05) is 27.7 Å². The van der Waals surface area contributed by atoms with Gasteiger partial charge in [0.1, 0.15) is 0 Å². The number of nitrogens with zero attached hydrogens (tertiary/aromatic N) is 1. The molecule has 1 heteroatoms. The molecule has 0 spiro atoms. The molecular formula is C11H17N. The maximum atomic E-state index is 2.34. The first kappa shape index (κ1) is 7.90. The van der Waals surface area contributed by atoms with Gasteiger partial charge in [0.25, 0.3) is 0 Å². The summed E-state index contributed by atoms with van der Waals surface area (Å²) in [5, 5.41) is 0. The topological polar surface area (TPSA) is 4.93 Å². The molecule has 0 N–H and O–H groups in total. The third kappa shape index (κ3) is 0.742. The van der Waals surface area contributed by atoms with Crippen LogP contribution in [-0.2, 0) is 0 Å². The minimum atomic E-state index is 0.450. The summed E-state index contributed by atoms with van der Waals surface area (Å²) in [6.07, 6.45) is 4.34. The maximum Gasteiger partial charge on any atom is 0.0444 e. The SMILES string of the molecule is CC1(C)C(n2cccc2)C1(C)C. The molecule has 66 valence electrons. The van der Waals surface area contributed by atoms with Crippen molar-refractivity contribution in [3.8, 4) is 0 Å². The second-order valence-electron chi connectivity index (χ2n) is 4.98. The van der Waals surface area contributed by atoms with E-state index >= 15 is 0 Å². The van der Waals surface area contributed by atoms with Gasteiger partial charge in [0.2, 0.25) is 0 Å². The smallest absolute Gasteiger partial charge is 0.0444 e. The lowest BCUT2D eigenvalue weighted by Gasteiger charge is -2.03. The molecule has 1 fully saturated rings. The molecule has 0 aromatic carbocycles. The molecule has 0 bridgehead atoms. The summed E-state index contributed by atoms with van der Waals surface area (Å²) < 4.78 is 2.33. The average Bonchev–Trinajstić information content (AvgIpc) is 2.39. The molecule has 0 atom stereocenters. The summed E-state index contributed by atoms with van der Waals surface area (Å²) >= 11 is 0. The molecule has 12 heavy (non-hydrogen) atoms. The lowest BCUT2D eigenvalue weighted by atomic mass is 10.0. The largest absolute Gasteiger partial charge is 0.350 e. The van der Waals surface area contributed by atoms with Crippen molar-refractivity contribution in [2.75, 3.05) is 0 Å². The van der Waals surface area contributed by atoms with Crippen molar-refractivity contribution in [3.05, 3.63) is 24.5 Å². The standard InChI is InChI=1S/C11H17N/c1-10(2)9(11(10,3)4)12-7-5-6-8-12/h5-9H,1-4H3. The van der Waals surface area contributed by atoms with Gasteiger partial charge < -0.3 is 4.57 Å². The van der Waals surface area contributed by atoms with Crippen LogP contribution in [0.2, 0.25) is 0 Å². The molecule has 1 aromatic rings. The highest BCUT2D eigenvalue weighted by Gasteiger charge is 2.65. The van der Waals surface area contributed by atoms with Crippen molar-refractivity contribution in [3.63, 3.8) is 0 Å². The highest BCUT2D eigenvalue weighted by Crippen LogP contribution is 2.71. The number of hydrogen-bond acceptors (Lipinski definition) is 0. The van der Waals surface area contributed by atoms with Crippen LogP contribution in [0.1, 0.15) is 33.7 Å². The number of hydrogen-bond donors (Lipinski definition) is 0. The van der Waals surface area contributed by atoms with Gasteiger partial charge in [-0.05, 0) is 23.0 Å². The zero-order valence-electron chi connectivity index (χ0n) is 8.33.